The fourth-order valence-electron chi connectivity index (χ4n) is 8.04. The van der Waals surface area contributed by atoms with E-state index in [0.717, 1.165) is 63.4 Å². The van der Waals surface area contributed by atoms with Crippen LogP contribution in [0.3, 0.4) is 0 Å². The van der Waals surface area contributed by atoms with Gasteiger partial charge in [0.15, 0.2) is 5.78 Å². The van der Waals surface area contributed by atoms with Crippen LogP contribution in [-0.4, -0.2) is 32.6 Å². The van der Waals surface area contributed by atoms with Crippen molar-refractivity contribution in [3.05, 3.63) is 36.0 Å². The Balaban J connectivity index is 1.26. The second kappa shape index (κ2) is 9.67. The number of esters is 1. The number of ether oxygens (including phenoxy) is 1. The highest BCUT2D eigenvalue weighted by molar-refractivity contribution is 5.97. The average molecular weight is 480 g/mol. The van der Waals surface area contributed by atoms with Gasteiger partial charge in [0.2, 0.25) is 0 Å². The highest BCUT2D eigenvalue weighted by atomic mass is 16.5. The number of Topliss-reactive ketones (excluding diaryl/α,β-unsaturated/α-hetero) is 1. The minimum Gasteiger partial charge on any atom is -0.462 e. The van der Waals surface area contributed by atoms with Crippen molar-refractivity contribution in [1.29, 1.82) is 0 Å². The van der Waals surface area contributed by atoms with Crippen LogP contribution >= 0.6 is 0 Å². The lowest BCUT2D eigenvalue weighted by atomic mass is 9.47. The van der Waals surface area contributed by atoms with Crippen LogP contribution in [0.4, 0.5) is 0 Å². The van der Waals surface area contributed by atoms with Gasteiger partial charge in [-0.1, -0.05) is 51.3 Å². The molecule has 0 amide bonds. The number of allylic oxidation sites excluding steroid dienone is 3. The number of carbonyl (C=O) groups is 2. The lowest BCUT2D eigenvalue weighted by molar-refractivity contribution is -0.151. The first-order valence-electron chi connectivity index (χ1n) is 13.8. The summed E-state index contributed by atoms with van der Waals surface area (Å²) >= 11 is 0. The van der Waals surface area contributed by atoms with Crippen molar-refractivity contribution >= 4 is 11.8 Å². The predicted molar refractivity (Wildman–Crippen MR) is 134 cm³/mol. The molecule has 5 rings (SSSR count). The number of nitrogens with zero attached hydrogens (tertiary/aromatic N) is 3. The van der Waals surface area contributed by atoms with E-state index in [1.54, 1.807) is 11.0 Å². The highest BCUT2D eigenvalue weighted by Crippen LogP contribution is 2.65. The Morgan fingerprint density at radius 2 is 1.91 bits per heavy atom. The zero-order valence-electron chi connectivity index (χ0n) is 21.7. The normalized spacial score (nSPS) is 35.9. The largest absolute Gasteiger partial charge is 0.462 e. The number of fused-ring (bicyclic) bond motifs is 5. The van der Waals surface area contributed by atoms with Crippen LogP contribution in [-0.2, 0) is 20.9 Å². The second-order valence-corrected chi connectivity index (χ2v) is 11.9. The Hall–Kier alpha value is -2.24. The molecule has 2 fully saturated rings. The van der Waals surface area contributed by atoms with Gasteiger partial charge in [0, 0.05) is 12.8 Å². The summed E-state index contributed by atoms with van der Waals surface area (Å²) in [5.41, 5.74) is 2.71. The van der Waals surface area contributed by atoms with E-state index in [0.29, 0.717) is 24.2 Å². The van der Waals surface area contributed by atoms with E-state index in [-0.39, 0.29) is 35.2 Å². The SMILES string of the molecule is CCCCCC(=O)O[C@H]1CC[C@@]2(C)C(=CC[C@@H]3[C@@H]2CC[C@]2(C)C(C(=O)Cn4cncn4)=CC[C@@H]32)C1. The van der Waals surface area contributed by atoms with Crippen molar-refractivity contribution in [2.75, 3.05) is 0 Å². The standard InChI is InChI=1S/C29H41N3O3/c1-4-5-6-7-27(34)35-21-12-14-28(2)20(16-21)8-9-22-23-10-11-25(29(23,3)15-13-24(22)28)26(33)17-32-19-30-18-31-32/h8,11,18-19,21-24H,4-7,9-10,12-17H2,1-3H3/t21-,22-,23-,24-,28-,29-/m0/s1. The average Bonchev–Trinajstić information content (AvgIpc) is 3.46. The lowest BCUT2D eigenvalue weighted by Gasteiger charge is -2.57. The molecule has 0 radical (unpaired) electrons. The number of hydrogen-bond acceptors (Lipinski definition) is 5. The van der Waals surface area contributed by atoms with E-state index >= 15 is 0 Å². The maximum atomic E-state index is 13.2. The number of hydrogen-bond donors (Lipinski definition) is 0. The van der Waals surface area contributed by atoms with Gasteiger partial charge in [-0.25, -0.2) is 9.67 Å². The Labute approximate surface area is 209 Å². The van der Waals surface area contributed by atoms with E-state index in [1.807, 2.05) is 0 Å². The van der Waals surface area contributed by atoms with E-state index < -0.39 is 0 Å². The van der Waals surface area contributed by atoms with Crippen LogP contribution in [0.25, 0.3) is 0 Å². The molecule has 0 bridgehead atoms. The first kappa shape index (κ1) is 24.5. The fraction of sp³-hybridized carbons (Fsp3) is 0.724. The van der Waals surface area contributed by atoms with Crippen LogP contribution in [0.5, 0.6) is 0 Å². The van der Waals surface area contributed by atoms with Gasteiger partial charge in [-0.2, -0.15) is 5.10 Å². The van der Waals surface area contributed by atoms with Crippen molar-refractivity contribution in [1.82, 2.24) is 14.8 Å². The van der Waals surface area contributed by atoms with Crippen molar-refractivity contribution in [3.8, 4) is 0 Å². The Kier molecular flexibility index (Phi) is 6.75. The molecule has 0 saturated heterocycles. The first-order chi connectivity index (χ1) is 16.8. The van der Waals surface area contributed by atoms with E-state index in [2.05, 4.69) is 43.0 Å². The zero-order valence-corrected chi connectivity index (χ0v) is 21.7. The topological polar surface area (TPSA) is 74.1 Å². The van der Waals surface area contributed by atoms with Gasteiger partial charge < -0.3 is 4.74 Å². The molecular formula is C29H41N3O3. The van der Waals surface area contributed by atoms with Gasteiger partial charge in [-0.3, -0.25) is 9.59 Å². The quantitative estimate of drug-likeness (QED) is 0.266. The van der Waals surface area contributed by atoms with Crippen LogP contribution in [0, 0.1) is 28.6 Å². The summed E-state index contributed by atoms with van der Waals surface area (Å²) < 4.78 is 7.54. The predicted octanol–water partition coefficient (Wildman–Crippen LogP) is 5.84. The van der Waals surface area contributed by atoms with Gasteiger partial charge >= 0.3 is 5.97 Å². The smallest absolute Gasteiger partial charge is 0.306 e. The van der Waals surface area contributed by atoms with Crippen LogP contribution in [0.15, 0.2) is 36.0 Å². The Morgan fingerprint density at radius 1 is 1.09 bits per heavy atom. The Bertz CT molecular complexity index is 1010. The molecule has 4 aliphatic carbocycles. The van der Waals surface area contributed by atoms with Crippen molar-refractivity contribution in [2.24, 2.45) is 28.6 Å². The summed E-state index contributed by atoms with van der Waals surface area (Å²) in [5.74, 6) is 1.97. The fourth-order valence-corrected chi connectivity index (χ4v) is 8.04. The molecule has 0 aromatic carbocycles. The second-order valence-electron chi connectivity index (χ2n) is 11.9. The summed E-state index contributed by atoms with van der Waals surface area (Å²) in [5, 5.41) is 4.14. The van der Waals surface area contributed by atoms with Crippen molar-refractivity contribution in [2.45, 2.75) is 104 Å². The third-order valence-electron chi connectivity index (χ3n) is 9.99. The molecule has 0 N–H and O–H groups in total. The number of ketones is 1. The first-order valence-corrected chi connectivity index (χ1v) is 13.8. The van der Waals surface area contributed by atoms with Crippen LogP contribution in [0.1, 0.15) is 91.4 Å². The maximum absolute atomic E-state index is 13.2. The van der Waals surface area contributed by atoms with E-state index in [4.69, 9.17) is 4.74 Å². The van der Waals surface area contributed by atoms with Crippen molar-refractivity contribution < 1.29 is 14.3 Å². The maximum Gasteiger partial charge on any atom is 0.306 e. The van der Waals surface area contributed by atoms with E-state index in [1.165, 1.54) is 18.3 Å². The van der Waals surface area contributed by atoms with Gasteiger partial charge in [0.25, 0.3) is 0 Å². The zero-order chi connectivity index (χ0) is 24.6. The molecule has 190 valence electrons. The number of aromatic nitrogens is 3. The molecule has 2 saturated carbocycles. The molecule has 1 aromatic heterocycles. The molecule has 6 heteroatoms. The summed E-state index contributed by atoms with van der Waals surface area (Å²) in [6.45, 7) is 7.24. The lowest BCUT2D eigenvalue weighted by Crippen LogP contribution is -2.50. The molecule has 0 unspecified atom stereocenters. The summed E-state index contributed by atoms with van der Waals surface area (Å²) in [4.78, 5) is 29.5. The minimum absolute atomic E-state index is 0.0186. The summed E-state index contributed by atoms with van der Waals surface area (Å²) in [6.07, 6.45) is 18.9. The molecule has 1 aromatic rings. The van der Waals surface area contributed by atoms with Crippen LogP contribution < -0.4 is 0 Å². The number of carbonyl (C=O) groups excluding carboxylic acids is 2. The molecule has 35 heavy (non-hydrogen) atoms. The molecule has 1 heterocycles. The minimum atomic E-state index is -0.0360. The van der Waals surface area contributed by atoms with Gasteiger partial charge in [0.1, 0.15) is 25.3 Å². The molecule has 4 aliphatic rings. The summed E-state index contributed by atoms with van der Waals surface area (Å²) in [6, 6.07) is 0. The van der Waals surface area contributed by atoms with Gasteiger partial charge in [-0.05, 0) is 79.1 Å². The van der Waals surface area contributed by atoms with Gasteiger partial charge in [-0.15, -0.1) is 0 Å². The van der Waals surface area contributed by atoms with Gasteiger partial charge in [0.05, 0.1) is 0 Å². The molecule has 6 nitrogen and oxygen atoms in total. The van der Waals surface area contributed by atoms with Crippen LogP contribution in [0.2, 0.25) is 0 Å². The number of unbranched alkanes of at least 4 members (excludes halogenated alkanes) is 2. The molecule has 0 aliphatic heterocycles. The highest BCUT2D eigenvalue weighted by Gasteiger charge is 2.57. The van der Waals surface area contributed by atoms with Crippen molar-refractivity contribution in [3.63, 3.8) is 0 Å². The Morgan fingerprint density at radius 3 is 2.69 bits per heavy atom. The monoisotopic (exact) mass is 479 g/mol. The molecular weight excluding hydrogens is 438 g/mol. The summed E-state index contributed by atoms with van der Waals surface area (Å²) in [7, 11) is 0. The van der Waals surface area contributed by atoms with E-state index in [9.17, 15) is 9.59 Å². The third kappa shape index (κ3) is 4.42. The molecule has 6 atom stereocenters. The molecule has 0 spiro atoms. The third-order valence-corrected chi connectivity index (χ3v) is 9.99. The number of rotatable bonds is 8.